The molecule has 1 aromatic heterocycles. The molecule has 0 aliphatic carbocycles. The fourth-order valence-electron chi connectivity index (χ4n) is 2.74. The molecular formula is C19H25N3O3. The maximum absolute atomic E-state index is 12.4. The number of rotatable bonds is 8. The summed E-state index contributed by atoms with van der Waals surface area (Å²) in [6.45, 7) is 6.49. The van der Waals surface area contributed by atoms with E-state index in [1.807, 2.05) is 51.1 Å². The molecule has 1 unspecified atom stereocenters. The minimum absolute atomic E-state index is 0.121. The molecular weight excluding hydrogens is 318 g/mol. The summed E-state index contributed by atoms with van der Waals surface area (Å²) in [5.74, 6) is -1.49. The molecule has 1 heterocycles. The molecule has 0 saturated heterocycles. The normalized spacial score (nSPS) is 12.2. The molecule has 0 radical (unpaired) electrons. The van der Waals surface area contributed by atoms with Crippen LogP contribution in [0.5, 0.6) is 0 Å². The van der Waals surface area contributed by atoms with Crippen molar-refractivity contribution in [3.05, 3.63) is 53.3 Å². The highest BCUT2D eigenvalue weighted by Gasteiger charge is 2.21. The van der Waals surface area contributed by atoms with Crippen molar-refractivity contribution in [2.24, 2.45) is 11.8 Å². The second-order valence-corrected chi connectivity index (χ2v) is 6.66. The lowest BCUT2D eigenvalue weighted by Crippen LogP contribution is -2.33. The van der Waals surface area contributed by atoms with Gasteiger partial charge < -0.3 is 10.4 Å². The number of hydrogen-bond acceptors (Lipinski definition) is 3. The van der Waals surface area contributed by atoms with Gasteiger partial charge in [-0.15, -0.1) is 0 Å². The molecule has 0 aliphatic heterocycles. The maximum atomic E-state index is 12.4. The molecule has 0 aliphatic rings. The summed E-state index contributed by atoms with van der Waals surface area (Å²) < 4.78 is 1.77. The minimum atomic E-state index is -0.884. The Morgan fingerprint density at radius 1 is 1.24 bits per heavy atom. The second-order valence-electron chi connectivity index (χ2n) is 6.66. The molecule has 134 valence electrons. The Hall–Kier alpha value is -2.63. The first kappa shape index (κ1) is 18.7. The van der Waals surface area contributed by atoms with E-state index in [0.717, 1.165) is 11.3 Å². The number of nitrogens with zero attached hydrogens (tertiary/aromatic N) is 2. The zero-order valence-electron chi connectivity index (χ0n) is 14.9. The molecule has 2 aromatic rings. The standard InChI is InChI=1S/C19H25N3O3/c1-13(2)9-16(19(24)25)10-20-18(23)17-11-21-22(14(17)3)12-15-7-5-4-6-8-15/h4-8,11,13,16H,9-10,12H2,1-3H3,(H,20,23)(H,24,25). The molecule has 0 spiro atoms. The topological polar surface area (TPSA) is 84.2 Å². The molecule has 1 atom stereocenters. The van der Waals surface area contributed by atoms with Gasteiger partial charge in [0.25, 0.3) is 5.91 Å². The molecule has 1 amide bonds. The number of amides is 1. The lowest BCUT2D eigenvalue weighted by Gasteiger charge is -2.15. The first-order valence-corrected chi connectivity index (χ1v) is 8.45. The Balaban J connectivity index is 2.01. The van der Waals surface area contributed by atoms with Crippen LogP contribution >= 0.6 is 0 Å². The third kappa shape index (κ3) is 5.17. The van der Waals surface area contributed by atoms with Crippen molar-refractivity contribution in [3.8, 4) is 0 Å². The quantitative estimate of drug-likeness (QED) is 0.772. The van der Waals surface area contributed by atoms with Gasteiger partial charge in [-0.25, -0.2) is 0 Å². The first-order valence-electron chi connectivity index (χ1n) is 8.45. The average Bonchev–Trinajstić information content (AvgIpc) is 2.92. The van der Waals surface area contributed by atoms with E-state index in [0.29, 0.717) is 18.5 Å². The van der Waals surface area contributed by atoms with Crippen LogP contribution in [-0.4, -0.2) is 33.3 Å². The minimum Gasteiger partial charge on any atom is -0.481 e. The highest BCUT2D eigenvalue weighted by molar-refractivity contribution is 5.95. The van der Waals surface area contributed by atoms with Crippen molar-refractivity contribution in [2.75, 3.05) is 6.54 Å². The Morgan fingerprint density at radius 2 is 1.92 bits per heavy atom. The van der Waals surface area contributed by atoms with Gasteiger partial charge in [0.05, 0.1) is 24.2 Å². The van der Waals surface area contributed by atoms with E-state index >= 15 is 0 Å². The summed E-state index contributed by atoms with van der Waals surface area (Å²) >= 11 is 0. The number of hydrogen-bond donors (Lipinski definition) is 2. The van der Waals surface area contributed by atoms with Gasteiger partial charge >= 0.3 is 5.97 Å². The van der Waals surface area contributed by atoms with E-state index in [9.17, 15) is 14.7 Å². The lowest BCUT2D eigenvalue weighted by atomic mass is 9.97. The largest absolute Gasteiger partial charge is 0.481 e. The summed E-state index contributed by atoms with van der Waals surface area (Å²) in [5.41, 5.74) is 2.34. The Kier molecular flexibility index (Phi) is 6.33. The van der Waals surface area contributed by atoms with Gasteiger partial charge in [-0.05, 0) is 24.8 Å². The molecule has 25 heavy (non-hydrogen) atoms. The highest BCUT2D eigenvalue weighted by Crippen LogP contribution is 2.13. The van der Waals surface area contributed by atoms with Crippen molar-refractivity contribution >= 4 is 11.9 Å². The summed E-state index contributed by atoms with van der Waals surface area (Å²) in [6, 6.07) is 9.88. The van der Waals surface area contributed by atoms with Gasteiger partial charge in [-0.2, -0.15) is 5.10 Å². The number of aliphatic carboxylic acids is 1. The smallest absolute Gasteiger partial charge is 0.308 e. The van der Waals surface area contributed by atoms with Crippen molar-refractivity contribution in [3.63, 3.8) is 0 Å². The molecule has 6 heteroatoms. The third-order valence-electron chi connectivity index (χ3n) is 4.14. The van der Waals surface area contributed by atoms with Crippen LogP contribution < -0.4 is 5.32 Å². The lowest BCUT2D eigenvalue weighted by molar-refractivity contribution is -0.142. The van der Waals surface area contributed by atoms with Crippen LogP contribution in [0, 0.1) is 18.8 Å². The summed E-state index contributed by atoms with van der Waals surface area (Å²) in [7, 11) is 0. The number of benzene rings is 1. The molecule has 0 fully saturated rings. The average molecular weight is 343 g/mol. The van der Waals surface area contributed by atoms with Crippen molar-refractivity contribution < 1.29 is 14.7 Å². The number of aromatic nitrogens is 2. The molecule has 1 aromatic carbocycles. The number of carboxylic acid groups (broad SMARTS) is 1. The SMILES string of the molecule is Cc1c(C(=O)NCC(CC(C)C)C(=O)O)cnn1Cc1ccccc1. The Morgan fingerprint density at radius 3 is 2.52 bits per heavy atom. The van der Waals surface area contributed by atoms with Crippen molar-refractivity contribution in [1.82, 2.24) is 15.1 Å². The Labute approximate surface area is 147 Å². The predicted molar refractivity (Wildman–Crippen MR) is 95.4 cm³/mol. The number of carboxylic acids is 1. The van der Waals surface area contributed by atoms with Gasteiger partial charge in [0, 0.05) is 12.2 Å². The van der Waals surface area contributed by atoms with E-state index in [2.05, 4.69) is 10.4 Å². The molecule has 2 N–H and O–H groups in total. The van der Waals surface area contributed by atoms with Gasteiger partial charge in [0.15, 0.2) is 0 Å². The molecule has 2 rings (SSSR count). The van der Waals surface area contributed by atoms with Crippen LogP contribution in [0.15, 0.2) is 36.5 Å². The van der Waals surface area contributed by atoms with Gasteiger partial charge in [0.1, 0.15) is 0 Å². The van der Waals surface area contributed by atoms with E-state index in [1.54, 1.807) is 4.68 Å². The van der Waals surface area contributed by atoms with Crippen molar-refractivity contribution in [2.45, 2.75) is 33.7 Å². The van der Waals surface area contributed by atoms with E-state index in [4.69, 9.17) is 0 Å². The zero-order valence-corrected chi connectivity index (χ0v) is 14.9. The summed E-state index contributed by atoms with van der Waals surface area (Å²) in [5, 5.41) is 16.3. The fraction of sp³-hybridized carbons (Fsp3) is 0.421. The number of nitrogens with one attached hydrogen (secondary N) is 1. The van der Waals surface area contributed by atoms with E-state index in [1.165, 1.54) is 6.20 Å². The van der Waals surface area contributed by atoms with E-state index < -0.39 is 11.9 Å². The van der Waals surface area contributed by atoms with Crippen LogP contribution in [0.25, 0.3) is 0 Å². The zero-order chi connectivity index (χ0) is 18.4. The van der Waals surface area contributed by atoms with Gasteiger partial charge in [0.2, 0.25) is 0 Å². The molecule has 0 saturated carbocycles. The van der Waals surface area contributed by atoms with Crippen molar-refractivity contribution in [1.29, 1.82) is 0 Å². The van der Waals surface area contributed by atoms with Gasteiger partial charge in [-0.1, -0.05) is 44.2 Å². The second kappa shape index (κ2) is 8.46. The molecule has 0 bridgehead atoms. The van der Waals surface area contributed by atoms with Crippen LogP contribution in [-0.2, 0) is 11.3 Å². The summed E-state index contributed by atoms with van der Waals surface area (Å²) in [4.78, 5) is 23.7. The monoisotopic (exact) mass is 343 g/mol. The summed E-state index contributed by atoms with van der Waals surface area (Å²) in [6.07, 6.45) is 2.06. The third-order valence-corrected chi connectivity index (χ3v) is 4.14. The number of carbonyl (C=O) groups excluding carboxylic acids is 1. The van der Waals surface area contributed by atoms with Crippen LogP contribution in [0.3, 0.4) is 0 Å². The van der Waals surface area contributed by atoms with E-state index in [-0.39, 0.29) is 18.4 Å². The van der Waals surface area contributed by atoms with Crippen LogP contribution in [0.1, 0.15) is 41.9 Å². The predicted octanol–water partition coefficient (Wildman–Crippen LogP) is 2.72. The Bertz CT molecular complexity index is 723. The maximum Gasteiger partial charge on any atom is 0.308 e. The highest BCUT2D eigenvalue weighted by atomic mass is 16.4. The fourth-order valence-corrected chi connectivity index (χ4v) is 2.74. The van der Waals surface area contributed by atoms with Crippen LogP contribution in [0.2, 0.25) is 0 Å². The van der Waals surface area contributed by atoms with Gasteiger partial charge in [-0.3, -0.25) is 14.3 Å². The van der Waals surface area contributed by atoms with Crippen LogP contribution in [0.4, 0.5) is 0 Å². The molecule has 6 nitrogen and oxygen atoms in total. The number of carbonyl (C=O) groups is 2. The first-order chi connectivity index (χ1) is 11.9.